The van der Waals surface area contributed by atoms with E-state index in [2.05, 4.69) is 38.3 Å². The summed E-state index contributed by atoms with van der Waals surface area (Å²) in [5.41, 5.74) is 5.86. The summed E-state index contributed by atoms with van der Waals surface area (Å²) in [4.78, 5) is 20.8. The molecule has 0 amide bonds. The van der Waals surface area contributed by atoms with Gasteiger partial charge in [-0.2, -0.15) is 0 Å². The molecular weight excluding hydrogens is 462 g/mol. The second-order valence-electron chi connectivity index (χ2n) is 11.5. The van der Waals surface area contributed by atoms with Gasteiger partial charge in [-0.15, -0.1) is 0 Å². The van der Waals surface area contributed by atoms with Gasteiger partial charge in [-0.1, -0.05) is 76.2 Å². The van der Waals surface area contributed by atoms with Crippen LogP contribution in [0.3, 0.4) is 0 Å². The number of nitrogens with zero attached hydrogens (tertiary/aromatic N) is 3. The number of amidine groups is 2. The van der Waals surface area contributed by atoms with Gasteiger partial charge < -0.3 is 10.6 Å². The van der Waals surface area contributed by atoms with Gasteiger partial charge in [0.15, 0.2) is 0 Å². The van der Waals surface area contributed by atoms with E-state index in [-0.39, 0.29) is 21.4 Å². The maximum Gasteiger partial charge on any atom is 0.270 e. The van der Waals surface area contributed by atoms with Gasteiger partial charge in [0, 0.05) is 60.3 Å². The molecule has 0 spiro atoms. The van der Waals surface area contributed by atoms with Crippen molar-refractivity contribution in [2.24, 2.45) is 20.8 Å². The predicted molar refractivity (Wildman–Crippen MR) is 150 cm³/mol. The Labute approximate surface area is 217 Å². The van der Waals surface area contributed by atoms with Crippen LogP contribution >= 0.6 is 0 Å². The first-order chi connectivity index (χ1) is 17.6. The summed E-state index contributed by atoms with van der Waals surface area (Å²) in [5, 5.41) is 18.6. The lowest BCUT2D eigenvalue weighted by molar-refractivity contribution is -0.384. The minimum Gasteiger partial charge on any atom is -0.369 e. The molecule has 37 heavy (non-hydrogen) atoms. The van der Waals surface area contributed by atoms with Crippen molar-refractivity contribution < 1.29 is 4.92 Å². The maximum atomic E-state index is 11.8. The lowest BCUT2D eigenvalue weighted by Gasteiger charge is -2.29. The fourth-order valence-corrected chi connectivity index (χ4v) is 4.53. The Morgan fingerprint density at radius 2 is 1.03 bits per heavy atom. The van der Waals surface area contributed by atoms with Crippen molar-refractivity contribution in [1.29, 1.82) is 0 Å². The van der Waals surface area contributed by atoms with E-state index >= 15 is 0 Å². The largest absolute Gasteiger partial charge is 0.369 e. The molecule has 3 aromatic rings. The molecule has 5 rings (SSSR count). The van der Waals surface area contributed by atoms with Crippen LogP contribution < -0.4 is 10.6 Å². The van der Waals surface area contributed by atoms with Crippen molar-refractivity contribution in [2.75, 3.05) is 26.2 Å². The van der Waals surface area contributed by atoms with Crippen LogP contribution in [0.5, 0.6) is 0 Å². The quantitative estimate of drug-likeness (QED) is 0.352. The summed E-state index contributed by atoms with van der Waals surface area (Å²) < 4.78 is 0. The Bertz CT molecular complexity index is 1290. The first-order valence-electron chi connectivity index (χ1n) is 12.7. The summed E-state index contributed by atoms with van der Waals surface area (Å²) in [6, 6.07) is 21.4. The highest BCUT2D eigenvalue weighted by Crippen LogP contribution is 2.32. The second-order valence-corrected chi connectivity index (χ2v) is 11.5. The Kier molecular flexibility index (Phi) is 6.31. The molecular formula is C30H33N5O2. The number of benzene rings is 3. The molecule has 2 heterocycles. The van der Waals surface area contributed by atoms with Gasteiger partial charge in [0.25, 0.3) is 5.69 Å². The van der Waals surface area contributed by atoms with E-state index in [9.17, 15) is 10.1 Å². The summed E-state index contributed by atoms with van der Waals surface area (Å²) in [7, 11) is 0. The SMILES string of the molecule is CC1(C)CN=C(c2ccc(-c3cc(-c4ccc(C5=NCC(C)(C)CN5)cc4)cc([N+](=O)[O-])c3)cc2)NC1. The summed E-state index contributed by atoms with van der Waals surface area (Å²) in [6.45, 7) is 12.1. The highest BCUT2D eigenvalue weighted by atomic mass is 16.6. The summed E-state index contributed by atoms with van der Waals surface area (Å²) >= 11 is 0. The number of nitrogens with one attached hydrogen (secondary N) is 2. The van der Waals surface area contributed by atoms with Gasteiger partial charge in [-0.25, -0.2) is 0 Å². The molecule has 3 aromatic carbocycles. The van der Waals surface area contributed by atoms with Crippen LogP contribution in [0.4, 0.5) is 5.69 Å². The topological polar surface area (TPSA) is 91.9 Å². The molecule has 0 atom stereocenters. The average molecular weight is 496 g/mol. The van der Waals surface area contributed by atoms with Crippen molar-refractivity contribution in [2.45, 2.75) is 27.7 Å². The van der Waals surface area contributed by atoms with E-state index in [1.807, 2.05) is 54.6 Å². The number of nitro groups is 1. The summed E-state index contributed by atoms with van der Waals surface area (Å²) in [5.74, 6) is 1.79. The lowest BCUT2D eigenvalue weighted by atomic mass is 9.91. The van der Waals surface area contributed by atoms with E-state index < -0.39 is 0 Å². The maximum absolute atomic E-state index is 11.8. The van der Waals surface area contributed by atoms with Gasteiger partial charge in [0.2, 0.25) is 0 Å². The van der Waals surface area contributed by atoms with Gasteiger partial charge in [-0.05, 0) is 28.3 Å². The third kappa shape index (κ3) is 5.56. The van der Waals surface area contributed by atoms with Gasteiger partial charge in [0.05, 0.1) is 4.92 Å². The van der Waals surface area contributed by atoms with Crippen molar-refractivity contribution in [3.8, 4) is 22.3 Å². The molecule has 0 bridgehead atoms. The van der Waals surface area contributed by atoms with E-state index in [1.54, 1.807) is 12.1 Å². The van der Waals surface area contributed by atoms with Crippen LogP contribution in [0.25, 0.3) is 22.3 Å². The zero-order valence-electron chi connectivity index (χ0n) is 21.8. The third-order valence-corrected chi connectivity index (χ3v) is 6.91. The zero-order chi connectivity index (χ0) is 26.2. The highest BCUT2D eigenvalue weighted by Gasteiger charge is 2.24. The summed E-state index contributed by atoms with van der Waals surface area (Å²) in [6.07, 6.45) is 0. The predicted octanol–water partition coefficient (Wildman–Crippen LogP) is 5.68. The van der Waals surface area contributed by atoms with Crippen LogP contribution in [0.1, 0.15) is 38.8 Å². The van der Waals surface area contributed by atoms with E-state index in [1.165, 1.54) is 0 Å². The number of nitro benzene ring substituents is 1. The first-order valence-corrected chi connectivity index (χ1v) is 12.7. The van der Waals surface area contributed by atoms with E-state index in [0.29, 0.717) is 0 Å². The fraction of sp³-hybridized carbons (Fsp3) is 0.333. The normalized spacial score (nSPS) is 18.2. The van der Waals surface area contributed by atoms with Crippen LogP contribution in [0.2, 0.25) is 0 Å². The Morgan fingerprint density at radius 3 is 1.35 bits per heavy atom. The molecule has 0 saturated carbocycles. The van der Waals surface area contributed by atoms with E-state index in [4.69, 9.17) is 9.98 Å². The van der Waals surface area contributed by atoms with E-state index in [0.717, 1.165) is 71.2 Å². The van der Waals surface area contributed by atoms with Crippen molar-refractivity contribution in [3.63, 3.8) is 0 Å². The Morgan fingerprint density at radius 1 is 0.649 bits per heavy atom. The molecule has 0 aromatic heterocycles. The first kappa shape index (κ1) is 24.7. The fourth-order valence-electron chi connectivity index (χ4n) is 4.53. The molecule has 190 valence electrons. The van der Waals surface area contributed by atoms with Crippen LogP contribution in [-0.4, -0.2) is 42.8 Å². The van der Waals surface area contributed by atoms with Gasteiger partial charge in [0.1, 0.15) is 11.7 Å². The molecule has 0 aliphatic carbocycles. The number of hydrogen-bond donors (Lipinski definition) is 2. The number of aliphatic imine (C=N–C) groups is 2. The third-order valence-electron chi connectivity index (χ3n) is 6.91. The monoisotopic (exact) mass is 495 g/mol. The number of rotatable bonds is 5. The van der Waals surface area contributed by atoms with Crippen LogP contribution in [-0.2, 0) is 0 Å². The highest BCUT2D eigenvalue weighted by molar-refractivity contribution is 6.00. The molecule has 0 saturated heterocycles. The average Bonchev–Trinajstić information content (AvgIpc) is 2.89. The molecule has 2 N–H and O–H groups in total. The molecule has 2 aliphatic rings. The molecule has 7 heteroatoms. The minimum atomic E-state index is -0.333. The number of hydrogen-bond acceptors (Lipinski definition) is 6. The van der Waals surface area contributed by atoms with Crippen LogP contribution in [0.15, 0.2) is 76.7 Å². The Hall–Kier alpha value is -4.00. The molecule has 0 unspecified atom stereocenters. The van der Waals surface area contributed by atoms with Crippen LogP contribution in [0, 0.1) is 20.9 Å². The van der Waals surface area contributed by atoms with Gasteiger partial charge >= 0.3 is 0 Å². The van der Waals surface area contributed by atoms with Gasteiger partial charge in [-0.3, -0.25) is 20.1 Å². The number of non-ortho nitro benzene ring substituents is 1. The molecule has 0 radical (unpaired) electrons. The minimum absolute atomic E-state index is 0.0711. The molecule has 2 aliphatic heterocycles. The lowest BCUT2D eigenvalue weighted by Crippen LogP contribution is -2.41. The van der Waals surface area contributed by atoms with Crippen molar-refractivity contribution >= 4 is 17.4 Å². The second kappa shape index (κ2) is 9.47. The zero-order valence-corrected chi connectivity index (χ0v) is 21.8. The molecule has 7 nitrogen and oxygen atoms in total. The Balaban J connectivity index is 1.42. The standard InChI is InChI=1S/C30H33N5O2/c1-29(2)16-31-27(32-17-29)22-9-5-20(6-10-22)24-13-25(15-26(14-24)35(36)37)21-7-11-23(12-8-21)28-33-18-30(3,4)19-34-28/h5-15H,16-19H2,1-4H3,(H,31,32)(H,33,34). The molecule has 0 fully saturated rings. The smallest absolute Gasteiger partial charge is 0.270 e. The van der Waals surface area contributed by atoms with Crippen molar-refractivity contribution in [1.82, 2.24) is 10.6 Å². The van der Waals surface area contributed by atoms with Crippen molar-refractivity contribution in [3.05, 3.63) is 88.0 Å².